The van der Waals surface area contributed by atoms with E-state index in [1.807, 2.05) is 32.9 Å². The molecule has 1 aromatic carbocycles. The summed E-state index contributed by atoms with van der Waals surface area (Å²) in [6.45, 7) is 6.84. The van der Waals surface area contributed by atoms with Crippen molar-refractivity contribution >= 4 is 36.0 Å². The average Bonchev–Trinajstić information content (AvgIpc) is 3.35. The van der Waals surface area contributed by atoms with E-state index in [0.29, 0.717) is 19.1 Å². The largest absolute Gasteiger partial charge is 0.444 e. The van der Waals surface area contributed by atoms with Crippen molar-refractivity contribution in [2.24, 2.45) is 4.99 Å². The van der Waals surface area contributed by atoms with Gasteiger partial charge in [0.1, 0.15) is 5.60 Å². The highest BCUT2D eigenvalue weighted by atomic mass is 127. The second-order valence-corrected chi connectivity index (χ2v) is 7.50. The van der Waals surface area contributed by atoms with Gasteiger partial charge in [0.25, 0.3) is 0 Å². The first-order chi connectivity index (χ1) is 11.8. The van der Waals surface area contributed by atoms with Gasteiger partial charge in [0, 0.05) is 33.2 Å². The first-order valence-electron chi connectivity index (χ1n) is 8.76. The Morgan fingerprint density at radius 3 is 2.31 bits per heavy atom. The lowest BCUT2D eigenvalue weighted by Gasteiger charge is -2.24. The monoisotopic (exact) mass is 474 g/mol. The van der Waals surface area contributed by atoms with Crippen molar-refractivity contribution in [1.29, 1.82) is 0 Å². The van der Waals surface area contributed by atoms with Crippen molar-refractivity contribution in [3.63, 3.8) is 0 Å². The fraction of sp³-hybridized carbons (Fsp3) is 0.579. The minimum Gasteiger partial charge on any atom is -0.444 e. The fourth-order valence-corrected chi connectivity index (χ4v) is 2.24. The molecule has 26 heavy (non-hydrogen) atoms. The third kappa shape index (κ3) is 8.25. The summed E-state index contributed by atoms with van der Waals surface area (Å²) in [5.74, 6) is 0.844. The van der Waals surface area contributed by atoms with Gasteiger partial charge in [-0.2, -0.15) is 0 Å². The van der Waals surface area contributed by atoms with Crippen molar-refractivity contribution < 1.29 is 9.53 Å². The Morgan fingerprint density at radius 2 is 1.81 bits per heavy atom. The van der Waals surface area contributed by atoms with Gasteiger partial charge in [-0.15, -0.1) is 24.0 Å². The maximum absolute atomic E-state index is 12.0. The number of carbonyl (C=O) groups excluding carboxylic acids is 1. The van der Waals surface area contributed by atoms with E-state index in [2.05, 4.69) is 27.8 Å². The zero-order valence-corrected chi connectivity index (χ0v) is 18.7. The maximum atomic E-state index is 12.0. The molecule has 6 nitrogen and oxygen atoms in total. The second kappa shape index (κ2) is 9.99. The number of nitrogens with zero attached hydrogens (tertiary/aromatic N) is 2. The van der Waals surface area contributed by atoms with Crippen LogP contribution in [0, 0.1) is 0 Å². The highest BCUT2D eigenvalue weighted by Crippen LogP contribution is 2.18. The van der Waals surface area contributed by atoms with Crippen LogP contribution in [0.3, 0.4) is 0 Å². The zero-order chi connectivity index (χ0) is 18.4. The molecule has 0 bridgehead atoms. The summed E-state index contributed by atoms with van der Waals surface area (Å²) in [7, 11) is 3.53. The lowest BCUT2D eigenvalue weighted by molar-refractivity contribution is 0.0285. The first kappa shape index (κ1) is 22.5. The van der Waals surface area contributed by atoms with Crippen LogP contribution in [0.4, 0.5) is 4.79 Å². The van der Waals surface area contributed by atoms with Crippen molar-refractivity contribution in [1.82, 2.24) is 15.5 Å². The van der Waals surface area contributed by atoms with Crippen LogP contribution < -0.4 is 10.6 Å². The molecule has 1 saturated carbocycles. The molecule has 0 saturated heterocycles. The highest BCUT2D eigenvalue weighted by Gasteiger charge is 2.22. The fourth-order valence-electron chi connectivity index (χ4n) is 2.24. The lowest BCUT2D eigenvalue weighted by Crippen LogP contribution is -2.38. The average molecular weight is 474 g/mol. The molecule has 1 aromatic rings. The number of amides is 1. The predicted molar refractivity (Wildman–Crippen MR) is 116 cm³/mol. The molecular weight excluding hydrogens is 443 g/mol. The van der Waals surface area contributed by atoms with Crippen LogP contribution in [0.2, 0.25) is 0 Å². The molecule has 146 valence electrons. The quantitative estimate of drug-likeness (QED) is 0.390. The number of hydrogen-bond acceptors (Lipinski definition) is 3. The minimum atomic E-state index is -0.478. The van der Waals surface area contributed by atoms with Gasteiger partial charge < -0.3 is 20.3 Å². The highest BCUT2D eigenvalue weighted by molar-refractivity contribution is 14.0. The van der Waals surface area contributed by atoms with Gasteiger partial charge in [0.2, 0.25) is 0 Å². The van der Waals surface area contributed by atoms with Crippen LogP contribution in [-0.2, 0) is 17.8 Å². The Morgan fingerprint density at radius 1 is 1.23 bits per heavy atom. The summed E-state index contributed by atoms with van der Waals surface area (Å²) in [6.07, 6.45) is 2.13. The molecule has 0 heterocycles. The number of rotatable bonds is 5. The summed E-state index contributed by atoms with van der Waals surface area (Å²) < 4.78 is 5.37. The molecular formula is C19H31IN4O2. The van der Waals surface area contributed by atoms with Gasteiger partial charge in [0.15, 0.2) is 5.96 Å². The number of nitrogens with one attached hydrogen (secondary N) is 2. The molecule has 1 fully saturated rings. The number of carbonyl (C=O) groups is 1. The van der Waals surface area contributed by atoms with E-state index < -0.39 is 5.60 Å². The molecule has 2 N–H and O–H groups in total. The third-order valence-electron chi connectivity index (χ3n) is 3.75. The summed E-state index contributed by atoms with van der Waals surface area (Å²) in [4.78, 5) is 17.8. The third-order valence-corrected chi connectivity index (χ3v) is 3.75. The van der Waals surface area contributed by atoms with Crippen LogP contribution in [0.15, 0.2) is 29.3 Å². The standard InChI is InChI=1S/C19H30N4O2.HI/c1-19(2,3)25-18(24)23(5)13-15-8-6-14(7-9-15)12-21-17(20-4)22-16-10-11-16;/h6-9,16H,10-13H2,1-5H3,(H2,20,21,22);1H. The van der Waals surface area contributed by atoms with Crippen molar-refractivity contribution in [2.45, 2.75) is 58.3 Å². The zero-order valence-electron chi connectivity index (χ0n) is 16.3. The number of hydrogen-bond donors (Lipinski definition) is 2. The van der Waals surface area contributed by atoms with Crippen molar-refractivity contribution in [3.8, 4) is 0 Å². The van der Waals surface area contributed by atoms with Crippen LogP contribution in [0.5, 0.6) is 0 Å². The summed E-state index contributed by atoms with van der Waals surface area (Å²) in [5, 5.41) is 6.68. The molecule has 0 aliphatic heterocycles. The van der Waals surface area contributed by atoms with Crippen LogP contribution in [0.25, 0.3) is 0 Å². The molecule has 0 aromatic heterocycles. The Kier molecular flexibility index (Phi) is 8.66. The van der Waals surface area contributed by atoms with Gasteiger partial charge in [0.05, 0.1) is 0 Å². The second-order valence-electron chi connectivity index (χ2n) is 7.50. The van der Waals surface area contributed by atoms with Gasteiger partial charge in [-0.3, -0.25) is 4.99 Å². The van der Waals surface area contributed by atoms with Gasteiger partial charge in [-0.25, -0.2) is 4.79 Å². The van der Waals surface area contributed by atoms with Crippen molar-refractivity contribution in [3.05, 3.63) is 35.4 Å². The molecule has 2 rings (SSSR count). The number of halogens is 1. The number of benzene rings is 1. The number of aliphatic imine (C=N–C) groups is 1. The van der Waals surface area contributed by atoms with Gasteiger partial charge in [-0.1, -0.05) is 24.3 Å². The molecule has 0 atom stereocenters. The summed E-state index contributed by atoms with van der Waals surface area (Å²) >= 11 is 0. The van der Waals surface area contributed by atoms with E-state index in [9.17, 15) is 4.79 Å². The predicted octanol–water partition coefficient (Wildman–Crippen LogP) is 3.50. The van der Waals surface area contributed by atoms with E-state index >= 15 is 0 Å². The molecule has 1 aliphatic rings. The minimum absolute atomic E-state index is 0. The molecule has 0 spiro atoms. The van der Waals surface area contributed by atoms with E-state index in [0.717, 1.165) is 11.5 Å². The first-order valence-corrected chi connectivity index (χ1v) is 8.76. The van der Waals surface area contributed by atoms with E-state index in [4.69, 9.17) is 4.74 Å². The number of ether oxygens (including phenoxy) is 1. The Hall–Kier alpha value is -1.51. The van der Waals surface area contributed by atoms with Gasteiger partial charge >= 0.3 is 6.09 Å². The Bertz CT molecular complexity index is 607. The van der Waals surface area contributed by atoms with Crippen LogP contribution >= 0.6 is 24.0 Å². The SMILES string of the molecule is CN=C(NCc1ccc(CN(C)C(=O)OC(C)(C)C)cc1)NC1CC1.I. The Balaban J connectivity index is 0.00000338. The van der Waals surface area contributed by atoms with E-state index in [-0.39, 0.29) is 30.1 Å². The van der Waals surface area contributed by atoms with Gasteiger partial charge in [-0.05, 0) is 44.7 Å². The maximum Gasteiger partial charge on any atom is 0.410 e. The van der Waals surface area contributed by atoms with Crippen LogP contribution in [-0.4, -0.2) is 42.7 Å². The van der Waals surface area contributed by atoms with E-state index in [1.54, 1.807) is 19.0 Å². The normalized spacial score (nSPS) is 14.3. The lowest BCUT2D eigenvalue weighted by atomic mass is 10.1. The van der Waals surface area contributed by atoms with Crippen LogP contribution in [0.1, 0.15) is 44.7 Å². The summed E-state index contributed by atoms with van der Waals surface area (Å²) in [6, 6.07) is 8.78. The topological polar surface area (TPSA) is 66.0 Å². The molecule has 0 unspecified atom stereocenters. The molecule has 1 amide bonds. The smallest absolute Gasteiger partial charge is 0.410 e. The molecule has 1 aliphatic carbocycles. The molecule has 0 radical (unpaired) electrons. The van der Waals surface area contributed by atoms with Crippen molar-refractivity contribution in [2.75, 3.05) is 14.1 Å². The summed E-state index contributed by atoms with van der Waals surface area (Å²) in [5.41, 5.74) is 1.76. The van der Waals surface area contributed by atoms with E-state index in [1.165, 1.54) is 18.4 Å². The Labute approximate surface area is 173 Å². The number of guanidine groups is 1. The molecule has 7 heteroatoms.